The van der Waals surface area contributed by atoms with Crippen LogP contribution in [0.2, 0.25) is 0 Å². The van der Waals surface area contributed by atoms with E-state index < -0.39 is 21.8 Å². The molecule has 0 radical (unpaired) electrons. The minimum Gasteiger partial charge on any atom is -0.748 e. The molecule has 2 aromatic rings. The van der Waals surface area contributed by atoms with Gasteiger partial charge in [-0.2, -0.15) is 0 Å². The molecular formula is C28H47N3O4S2. The maximum Gasteiger partial charge on any atom is 0.268 e. The molecule has 2 rings (SSSR count). The normalized spacial score (nSPS) is 11.7. The van der Waals surface area contributed by atoms with Gasteiger partial charge in [-0.25, -0.2) is 8.42 Å². The van der Waals surface area contributed by atoms with Gasteiger partial charge in [0.15, 0.2) is 0 Å². The number of rotatable bonds is 17. The van der Waals surface area contributed by atoms with Crippen LogP contribution in [0.3, 0.4) is 0 Å². The second-order valence-corrected chi connectivity index (χ2v) is 12.1. The molecule has 2 heterocycles. The highest BCUT2D eigenvalue weighted by molar-refractivity contribution is 7.85. The lowest BCUT2D eigenvalue weighted by molar-refractivity contribution is -0.929. The SMILES string of the molecule is C#CCn1c(C(=O)NCCS(=O)(=O)[O-])cc2sccc21.CCCC[N+](CCCC)(CCCC)CCCC. The Morgan fingerprint density at radius 2 is 1.54 bits per heavy atom. The van der Waals surface area contributed by atoms with Crippen molar-refractivity contribution in [2.45, 2.75) is 85.6 Å². The smallest absolute Gasteiger partial charge is 0.268 e. The first-order valence-electron chi connectivity index (χ1n) is 13.7. The Hall–Kier alpha value is -1.86. The van der Waals surface area contributed by atoms with Crippen molar-refractivity contribution in [1.29, 1.82) is 0 Å². The van der Waals surface area contributed by atoms with Crippen molar-refractivity contribution in [1.82, 2.24) is 9.88 Å². The van der Waals surface area contributed by atoms with Gasteiger partial charge in [-0.1, -0.05) is 59.3 Å². The largest absolute Gasteiger partial charge is 0.748 e. The number of aromatic nitrogens is 1. The third kappa shape index (κ3) is 12.0. The van der Waals surface area contributed by atoms with Crippen molar-refractivity contribution in [3.05, 3.63) is 23.2 Å². The van der Waals surface area contributed by atoms with Gasteiger partial charge >= 0.3 is 0 Å². The molecular weight excluding hydrogens is 506 g/mol. The number of thiophene rings is 1. The molecule has 0 fully saturated rings. The van der Waals surface area contributed by atoms with Crippen molar-refractivity contribution < 1.29 is 22.2 Å². The number of fused-ring (bicyclic) bond motifs is 1. The zero-order valence-electron chi connectivity index (χ0n) is 23.3. The van der Waals surface area contributed by atoms with Crippen LogP contribution in [0.25, 0.3) is 10.2 Å². The molecule has 0 aliphatic rings. The van der Waals surface area contributed by atoms with Crippen molar-refractivity contribution in [2.24, 2.45) is 0 Å². The highest BCUT2D eigenvalue weighted by Gasteiger charge is 2.24. The quantitative estimate of drug-likeness (QED) is 0.156. The number of unbranched alkanes of at least 4 members (excludes halogenated alkanes) is 4. The zero-order chi connectivity index (χ0) is 27.7. The van der Waals surface area contributed by atoms with Crippen LogP contribution in [0.15, 0.2) is 17.5 Å². The maximum atomic E-state index is 12.0. The summed E-state index contributed by atoms with van der Waals surface area (Å²) < 4.78 is 35.5. The summed E-state index contributed by atoms with van der Waals surface area (Å²) in [5.74, 6) is 1.38. The average molecular weight is 554 g/mol. The minimum atomic E-state index is -4.34. The molecule has 1 amide bonds. The van der Waals surface area contributed by atoms with Crippen LogP contribution in [0.4, 0.5) is 0 Å². The molecule has 7 nitrogen and oxygen atoms in total. The lowest BCUT2D eigenvalue weighted by Gasteiger charge is -2.39. The number of carbonyl (C=O) groups is 1. The average Bonchev–Trinajstić information content (AvgIpc) is 3.45. The fraction of sp³-hybridized carbons (Fsp3) is 0.679. The van der Waals surface area contributed by atoms with Crippen LogP contribution in [0.1, 0.15) is 89.5 Å². The van der Waals surface area contributed by atoms with Crippen LogP contribution in [0, 0.1) is 12.3 Å². The number of nitrogens with one attached hydrogen (secondary N) is 1. The predicted octanol–water partition coefficient (Wildman–Crippen LogP) is 5.61. The molecule has 0 spiro atoms. The number of carbonyl (C=O) groups excluding carboxylic acids is 1. The molecule has 1 N–H and O–H groups in total. The fourth-order valence-corrected chi connectivity index (χ4v) is 5.63. The van der Waals surface area contributed by atoms with E-state index in [0.717, 1.165) is 10.2 Å². The van der Waals surface area contributed by atoms with Crippen molar-refractivity contribution in [3.8, 4) is 12.3 Å². The van der Waals surface area contributed by atoms with Crippen LogP contribution in [0.5, 0.6) is 0 Å². The first-order valence-corrected chi connectivity index (χ1v) is 16.2. The van der Waals surface area contributed by atoms with E-state index in [0.29, 0.717) is 5.69 Å². The van der Waals surface area contributed by atoms with E-state index in [1.165, 1.54) is 93.4 Å². The summed E-state index contributed by atoms with van der Waals surface area (Å²) in [6.07, 6.45) is 16.3. The molecule has 0 saturated carbocycles. The molecule has 2 aromatic heterocycles. The standard InChI is InChI=1S/C16H36N.C12H12N2O4S2/c1-5-9-13-17(14-10-6-2,15-11-7-3)16-12-8-4;1-2-5-14-9-3-6-19-11(9)8-10(14)12(15)13-4-7-20(16,17)18/h5-16H2,1-4H3;1,3,6,8H,4-5,7H2,(H,13,15)(H,16,17,18)/q+1;/p-1. The summed E-state index contributed by atoms with van der Waals surface area (Å²) in [4.78, 5) is 12.0. The van der Waals surface area contributed by atoms with Crippen molar-refractivity contribution in [3.63, 3.8) is 0 Å². The molecule has 0 aliphatic heterocycles. The number of terminal acetylenes is 1. The van der Waals surface area contributed by atoms with E-state index in [9.17, 15) is 17.8 Å². The Bertz CT molecular complexity index is 1030. The van der Waals surface area contributed by atoms with E-state index in [4.69, 9.17) is 6.42 Å². The maximum absolute atomic E-state index is 12.0. The Kier molecular flexibility index (Phi) is 15.8. The van der Waals surface area contributed by atoms with E-state index in [1.807, 2.05) is 11.4 Å². The zero-order valence-corrected chi connectivity index (χ0v) is 24.9. The van der Waals surface area contributed by atoms with Crippen molar-refractivity contribution in [2.75, 3.05) is 38.5 Å². The molecule has 0 unspecified atom stereocenters. The molecule has 0 bridgehead atoms. The number of hydrogen-bond donors (Lipinski definition) is 1. The summed E-state index contributed by atoms with van der Waals surface area (Å²) in [5, 5.41) is 4.29. The van der Waals surface area contributed by atoms with E-state index in [-0.39, 0.29) is 13.1 Å². The highest BCUT2D eigenvalue weighted by Crippen LogP contribution is 2.25. The predicted molar refractivity (Wildman–Crippen MR) is 155 cm³/mol. The molecule has 0 aliphatic carbocycles. The van der Waals surface area contributed by atoms with Crippen LogP contribution in [-0.2, 0) is 16.7 Å². The highest BCUT2D eigenvalue weighted by atomic mass is 32.2. The number of nitrogens with zero attached hydrogens (tertiary/aromatic N) is 2. The lowest BCUT2D eigenvalue weighted by atomic mass is 10.1. The monoisotopic (exact) mass is 553 g/mol. The van der Waals surface area contributed by atoms with Gasteiger partial charge in [-0.3, -0.25) is 4.79 Å². The number of quaternary nitrogens is 1. The molecule has 37 heavy (non-hydrogen) atoms. The Morgan fingerprint density at radius 3 is 1.97 bits per heavy atom. The van der Waals surface area contributed by atoms with Gasteiger partial charge in [0.05, 0.1) is 58.8 Å². The summed E-state index contributed by atoms with van der Waals surface area (Å²) in [6, 6.07) is 3.55. The topological polar surface area (TPSA) is 91.2 Å². The summed E-state index contributed by atoms with van der Waals surface area (Å²) in [6.45, 7) is 15.0. The Morgan fingerprint density at radius 1 is 1.03 bits per heavy atom. The van der Waals surface area contributed by atoms with Crippen LogP contribution >= 0.6 is 11.3 Å². The van der Waals surface area contributed by atoms with Gasteiger partial charge in [0.1, 0.15) is 5.69 Å². The third-order valence-corrected chi connectivity index (χ3v) is 8.14. The number of amides is 1. The second kappa shape index (κ2) is 17.6. The summed E-state index contributed by atoms with van der Waals surface area (Å²) in [7, 11) is -4.34. The Labute approximate surface area is 229 Å². The first kappa shape index (κ1) is 33.2. The van der Waals surface area contributed by atoms with Crippen LogP contribution < -0.4 is 5.32 Å². The second-order valence-electron chi connectivity index (χ2n) is 9.66. The summed E-state index contributed by atoms with van der Waals surface area (Å²) in [5.41, 5.74) is 1.21. The number of hydrogen-bond acceptors (Lipinski definition) is 5. The molecule has 0 atom stereocenters. The minimum absolute atomic E-state index is 0.223. The van der Waals surface area contributed by atoms with Crippen LogP contribution in [-0.4, -0.2) is 66.4 Å². The summed E-state index contributed by atoms with van der Waals surface area (Å²) >= 11 is 1.48. The van der Waals surface area contributed by atoms with E-state index in [1.54, 1.807) is 10.6 Å². The van der Waals surface area contributed by atoms with Gasteiger partial charge in [0.2, 0.25) is 0 Å². The third-order valence-electron chi connectivity index (χ3n) is 6.59. The van der Waals surface area contributed by atoms with E-state index >= 15 is 0 Å². The molecule has 210 valence electrons. The molecule has 9 heteroatoms. The lowest BCUT2D eigenvalue weighted by Crippen LogP contribution is -2.50. The van der Waals surface area contributed by atoms with Gasteiger partial charge in [-0.05, 0) is 43.2 Å². The molecule has 0 aromatic carbocycles. The fourth-order valence-electron chi connectivity index (χ4n) is 4.45. The first-order chi connectivity index (χ1) is 17.7. The van der Waals surface area contributed by atoms with Gasteiger partial charge in [0, 0.05) is 6.54 Å². The molecule has 0 saturated heterocycles. The van der Waals surface area contributed by atoms with E-state index in [2.05, 4.69) is 38.9 Å². The Balaban J connectivity index is 0.000000377. The van der Waals surface area contributed by atoms with Gasteiger partial charge in [-0.15, -0.1) is 17.8 Å². The van der Waals surface area contributed by atoms with Gasteiger partial charge < -0.3 is 18.9 Å². The van der Waals surface area contributed by atoms with Gasteiger partial charge in [0.25, 0.3) is 5.91 Å². The van der Waals surface area contributed by atoms with Crippen molar-refractivity contribution >= 4 is 37.6 Å².